The first kappa shape index (κ1) is 22.8. The van der Waals surface area contributed by atoms with Crippen molar-refractivity contribution >= 4 is 54.3 Å². The monoisotopic (exact) mass is 630 g/mol. The van der Waals surface area contributed by atoms with E-state index in [1.807, 2.05) is 97.1 Å². The zero-order chi connectivity index (χ0) is 36.7. The molecule has 10 aromatic rings. The van der Waals surface area contributed by atoms with E-state index in [9.17, 15) is 2.74 Å². The normalized spacial score (nSPS) is 13.1. The highest BCUT2D eigenvalue weighted by atomic mass is 16.3. The summed E-state index contributed by atoms with van der Waals surface area (Å²) < 4.78 is 51.4. The molecule has 228 valence electrons. The van der Waals surface area contributed by atoms with Crippen LogP contribution in [0.1, 0.15) is 6.85 Å². The van der Waals surface area contributed by atoms with Crippen LogP contribution in [-0.4, -0.2) is 15.0 Å². The van der Waals surface area contributed by atoms with Crippen molar-refractivity contribution in [3.63, 3.8) is 0 Å². The van der Waals surface area contributed by atoms with E-state index in [0.717, 1.165) is 43.4 Å². The molecule has 0 unspecified atom stereocenters. The van der Waals surface area contributed by atoms with Crippen molar-refractivity contribution in [3.8, 4) is 45.3 Å². The van der Waals surface area contributed by atoms with E-state index in [4.69, 9.17) is 23.5 Å². The zero-order valence-electron chi connectivity index (χ0n) is 31.0. The number of hydrogen-bond donors (Lipinski definition) is 0. The Morgan fingerprint density at radius 1 is 0.429 bits per heavy atom. The second-order valence-corrected chi connectivity index (χ2v) is 12.0. The van der Waals surface area contributed by atoms with Gasteiger partial charge in [0.2, 0.25) is 0 Å². The molecule has 10 rings (SSSR count). The first-order chi connectivity index (χ1) is 26.4. The first-order valence-corrected chi connectivity index (χ1v) is 16.0. The van der Waals surface area contributed by atoms with E-state index in [1.54, 1.807) is 0 Å². The van der Waals surface area contributed by atoms with E-state index >= 15 is 0 Å². The smallest absolute Gasteiger partial charge is 0.164 e. The van der Waals surface area contributed by atoms with Crippen LogP contribution < -0.4 is 0 Å². The van der Waals surface area contributed by atoms with Gasteiger partial charge in [0.1, 0.15) is 11.2 Å². The number of para-hydroxylation sites is 1. The molecule has 0 amide bonds. The molecule has 0 atom stereocenters. The van der Waals surface area contributed by atoms with Crippen LogP contribution in [0.25, 0.3) is 99.5 Å². The highest BCUT2D eigenvalue weighted by molar-refractivity contribution is 6.15. The molecule has 0 aliphatic rings. The molecule has 49 heavy (non-hydrogen) atoms. The predicted molar refractivity (Wildman–Crippen MR) is 201 cm³/mol. The fourth-order valence-electron chi connectivity index (χ4n) is 6.76. The predicted octanol–water partition coefficient (Wildman–Crippen LogP) is 11.9. The van der Waals surface area contributed by atoms with E-state index < -0.39 is 0 Å². The lowest BCUT2D eigenvalue weighted by atomic mass is 9.96. The molecule has 2 heterocycles. The van der Waals surface area contributed by atoms with Crippen LogP contribution in [-0.2, 0) is 0 Å². The topological polar surface area (TPSA) is 51.8 Å². The van der Waals surface area contributed by atoms with Crippen LogP contribution in [0.5, 0.6) is 0 Å². The van der Waals surface area contributed by atoms with Crippen LogP contribution in [0, 0.1) is 0 Å². The second kappa shape index (κ2) is 11.0. The molecule has 0 N–H and O–H groups in total. The molecular formula is C45H27N3O. The van der Waals surface area contributed by atoms with Crippen molar-refractivity contribution < 1.29 is 11.3 Å². The van der Waals surface area contributed by atoms with Crippen LogP contribution >= 0.6 is 0 Å². The maximum atomic E-state index is 9.91. The fraction of sp³-hybridized carbons (Fsp3) is 0. The Kier molecular flexibility index (Phi) is 5.10. The van der Waals surface area contributed by atoms with Crippen LogP contribution in [0.15, 0.2) is 168 Å². The minimum absolute atomic E-state index is 0.00183. The molecule has 0 aliphatic carbocycles. The van der Waals surface area contributed by atoms with Gasteiger partial charge in [-0.1, -0.05) is 133 Å². The number of nitrogens with zero attached hydrogens (tertiary/aromatic N) is 3. The highest BCUT2D eigenvalue weighted by Gasteiger charge is 2.21. The van der Waals surface area contributed by atoms with Crippen LogP contribution in [0.4, 0.5) is 0 Å². The highest BCUT2D eigenvalue weighted by Crippen LogP contribution is 2.41. The van der Waals surface area contributed by atoms with Crippen molar-refractivity contribution in [2.75, 3.05) is 0 Å². The summed E-state index contributed by atoms with van der Waals surface area (Å²) in [6, 6.07) is 42.5. The number of fused-ring (bicyclic) bond motifs is 7. The lowest BCUT2D eigenvalue weighted by Crippen LogP contribution is -2.01. The maximum Gasteiger partial charge on any atom is 0.164 e. The first-order valence-electron chi connectivity index (χ1n) is 18.5. The third kappa shape index (κ3) is 4.57. The number of benzene rings is 8. The van der Waals surface area contributed by atoms with E-state index in [1.165, 1.54) is 6.07 Å². The van der Waals surface area contributed by atoms with Gasteiger partial charge in [0.15, 0.2) is 17.5 Å². The van der Waals surface area contributed by atoms with Crippen molar-refractivity contribution in [2.45, 2.75) is 0 Å². The number of furan rings is 1. The van der Waals surface area contributed by atoms with Gasteiger partial charge in [-0.15, -0.1) is 0 Å². The zero-order valence-corrected chi connectivity index (χ0v) is 26.0. The van der Waals surface area contributed by atoms with Gasteiger partial charge in [-0.05, 0) is 73.7 Å². The Bertz CT molecular complexity index is 3180. The van der Waals surface area contributed by atoms with Gasteiger partial charge in [-0.25, -0.2) is 15.0 Å². The maximum absolute atomic E-state index is 9.91. The van der Waals surface area contributed by atoms with Crippen molar-refractivity contribution in [1.29, 1.82) is 0 Å². The van der Waals surface area contributed by atoms with Crippen molar-refractivity contribution in [3.05, 3.63) is 164 Å². The molecule has 0 aliphatic heterocycles. The summed E-state index contributed by atoms with van der Waals surface area (Å²) in [4.78, 5) is 15.3. The summed E-state index contributed by atoms with van der Waals surface area (Å²) >= 11 is 0. The number of rotatable bonds is 4. The molecule has 0 fully saturated rings. The molecule has 2 aromatic heterocycles. The van der Waals surface area contributed by atoms with E-state index in [-0.39, 0.29) is 52.8 Å². The number of aromatic nitrogens is 3. The fourth-order valence-corrected chi connectivity index (χ4v) is 6.76. The standard InChI is InChI=1S/C45H27N3O/c1-2-13-29(14-3-1)43-46-44(38-25-32-16-6-7-17-34(32)35-18-8-9-19-36(35)38)48-45(47-43)39-26-33(31-23-22-28-12-4-5-15-30(28)24-31)27-41-42(39)37-20-10-11-21-40(37)49-41/h1-27H/i10D,11D,21D,26D,27D. The van der Waals surface area contributed by atoms with E-state index in [0.29, 0.717) is 33.5 Å². The van der Waals surface area contributed by atoms with E-state index in [2.05, 4.69) is 30.3 Å². The molecule has 4 nitrogen and oxygen atoms in total. The summed E-state index contributed by atoms with van der Waals surface area (Å²) in [5.74, 6) is 0.981. The van der Waals surface area contributed by atoms with Gasteiger partial charge in [-0.3, -0.25) is 0 Å². The Hall–Kier alpha value is -6.65. The Labute approximate surface area is 289 Å². The van der Waals surface area contributed by atoms with Crippen LogP contribution in [0.2, 0.25) is 0 Å². The lowest BCUT2D eigenvalue weighted by Gasteiger charge is -2.13. The summed E-state index contributed by atoms with van der Waals surface area (Å²) in [6.07, 6.45) is 0. The second-order valence-electron chi connectivity index (χ2n) is 12.0. The van der Waals surface area contributed by atoms with Gasteiger partial charge < -0.3 is 4.42 Å². The average molecular weight is 631 g/mol. The molecular weight excluding hydrogens is 599 g/mol. The summed E-state index contributed by atoms with van der Waals surface area (Å²) in [5.41, 5.74) is 2.96. The number of hydrogen-bond acceptors (Lipinski definition) is 4. The van der Waals surface area contributed by atoms with Gasteiger partial charge >= 0.3 is 0 Å². The molecule has 8 aromatic carbocycles. The molecule has 0 saturated carbocycles. The summed E-state index contributed by atoms with van der Waals surface area (Å²) in [5, 5.41) is 6.78. The third-order valence-corrected chi connectivity index (χ3v) is 9.09. The Morgan fingerprint density at radius 2 is 1.12 bits per heavy atom. The Morgan fingerprint density at radius 3 is 1.98 bits per heavy atom. The molecule has 4 heteroatoms. The molecule has 0 bridgehead atoms. The lowest BCUT2D eigenvalue weighted by molar-refractivity contribution is 0.669. The van der Waals surface area contributed by atoms with Crippen molar-refractivity contribution in [2.24, 2.45) is 0 Å². The quantitative estimate of drug-likeness (QED) is 0.182. The van der Waals surface area contributed by atoms with Crippen molar-refractivity contribution in [1.82, 2.24) is 15.0 Å². The average Bonchev–Trinajstić information content (AvgIpc) is 3.59. The summed E-state index contributed by atoms with van der Waals surface area (Å²) in [6.45, 7) is 0. The molecule has 0 spiro atoms. The van der Waals surface area contributed by atoms with Gasteiger partial charge in [0.05, 0.1) is 6.85 Å². The van der Waals surface area contributed by atoms with Gasteiger partial charge in [-0.2, -0.15) is 0 Å². The molecule has 0 radical (unpaired) electrons. The van der Waals surface area contributed by atoms with Crippen LogP contribution in [0.3, 0.4) is 0 Å². The SMILES string of the molecule is [2H]c1cc2c(oc3c([2H])c(-c4ccc5ccccc5c4)c([2H])c(-c4nc(-c5ccccc5)nc(-c5cc6ccccc6c6ccccc56)n4)c32)c([2H])c1[2H]. The minimum Gasteiger partial charge on any atom is -0.456 e. The largest absolute Gasteiger partial charge is 0.456 e. The Balaban J connectivity index is 1.36. The molecule has 0 saturated heterocycles. The van der Waals surface area contributed by atoms with Gasteiger partial charge in [0.25, 0.3) is 0 Å². The van der Waals surface area contributed by atoms with Gasteiger partial charge in [0, 0.05) is 27.5 Å². The summed E-state index contributed by atoms with van der Waals surface area (Å²) in [7, 11) is 0. The minimum atomic E-state index is -0.285. The third-order valence-electron chi connectivity index (χ3n) is 9.09.